The summed E-state index contributed by atoms with van der Waals surface area (Å²) in [6.45, 7) is 12.5. The molecule has 2 unspecified atom stereocenters. The van der Waals surface area contributed by atoms with E-state index in [2.05, 4.69) is 32.6 Å². The van der Waals surface area contributed by atoms with Gasteiger partial charge >= 0.3 is 0 Å². The van der Waals surface area contributed by atoms with Crippen LogP contribution >= 0.6 is 0 Å². The van der Waals surface area contributed by atoms with Gasteiger partial charge in [-0.1, -0.05) is 40.5 Å². The van der Waals surface area contributed by atoms with Crippen LogP contribution in [0, 0.1) is 11.8 Å². The Morgan fingerprint density at radius 1 is 1.22 bits per heavy atom. The van der Waals surface area contributed by atoms with Gasteiger partial charge in [0.05, 0.1) is 19.3 Å². The van der Waals surface area contributed by atoms with Crippen molar-refractivity contribution in [2.24, 2.45) is 17.6 Å². The molecule has 0 aromatic rings. The first kappa shape index (κ1) is 20.4. The maximum absolute atomic E-state index is 13.1. The number of nitrogens with zero attached hydrogens (tertiary/aromatic N) is 2. The SMILES string of the molecule is CCC(CC)C(C(=O)N(C)CCC(N)C(C)C)N1CCOCC1. The van der Waals surface area contributed by atoms with Gasteiger partial charge in [-0.25, -0.2) is 0 Å². The first-order valence-corrected chi connectivity index (χ1v) is 9.24. The molecule has 0 aromatic heterocycles. The molecule has 23 heavy (non-hydrogen) atoms. The molecule has 1 aliphatic rings. The number of nitrogens with two attached hydrogens (primary N) is 1. The normalized spacial score (nSPS) is 19.1. The summed E-state index contributed by atoms with van der Waals surface area (Å²) < 4.78 is 5.46. The number of amides is 1. The van der Waals surface area contributed by atoms with Crippen molar-refractivity contribution in [1.29, 1.82) is 0 Å². The predicted octanol–water partition coefficient (Wildman–Crippen LogP) is 1.96. The van der Waals surface area contributed by atoms with E-state index in [1.165, 1.54) is 0 Å². The number of morpholine rings is 1. The molecule has 5 heteroatoms. The molecule has 5 nitrogen and oxygen atoms in total. The van der Waals surface area contributed by atoms with Crippen molar-refractivity contribution in [2.45, 2.75) is 59.0 Å². The van der Waals surface area contributed by atoms with E-state index < -0.39 is 0 Å². The monoisotopic (exact) mass is 327 g/mol. The van der Waals surface area contributed by atoms with E-state index in [0.717, 1.165) is 52.1 Å². The lowest BCUT2D eigenvalue weighted by Gasteiger charge is -2.39. The molecular formula is C18H37N3O2. The molecule has 0 aliphatic carbocycles. The van der Waals surface area contributed by atoms with Crippen LogP contribution in [0.4, 0.5) is 0 Å². The first-order chi connectivity index (χ1) is 10.9. The molecular weight excluding hydrogens is 290 g/mol. The van der Waals surface area contributed by atoms with Gasteiger partial charge in [-0.15, -0.1) is 0 Å². The largest absolute Gasteiger partial charge is 0.379 e. The summed E-state index contributed by atoms with van der Waals surface area (Å²) in [4.78, 5) is 17.3. The minimum Gasteiger partial charge on any atom is -0.379 e. The number of ether oxygens (including phenoxy) is 1. The van der Waals surface area contributed by atoms with Crippen LogP contribution in [0.2, 0.25) is 0 Å². The Hall–Kier alpha value is -0.650. The van der Waals surface area contributed by atoms with Crippen molar-refractivity contribution < 1.29 is 9.53 Å². The van der Waals surface area contributed by atoms with Gasteiger partial charge in [0.1, 0.15) is 0 Å². The fourth-order valence-corrected chi connectivity index (χ4v) is 3.26. The van der Waals surface area contributed by atoms with Crippen molar-refractivity contribution >= 4 is 5.91 Å². The Labute approximate surface area is 142 Å². The molecule has 0 spiro atoms. The molecule has 1 amide bonds. The quantitative estimate of drug-likeness (QED) is 0.703. The number of hydrogen-bond donors (Lipinski definition) is 1. The summed E-state index contributed by atoms with van der Waals surface area (Å²) >= 11 is 0. The molecule has 1 heterocycles. The highest BCUT2D eigenvalue weighted by Gasteiger charge is 2.34. The van der Waals surface area contributed by atoms with Crippen molar-refractivity contribution in [3.05, 3.63) is 0 Å². The zero-order chi connectivity index (χ0) is 17.4. The second-order valence-corrected chi connectivity index (χ2v) is 7.13. The average Bonchev–Trinajstić information content (AvgIpc) is 2.57. The lowest BCUT2D eigenvalue weighted by atomic mass is 9.91. The number of likely N-dealkylation sites (N-methyl/N-ethyl adjacent to an activating group) is 1. The summed E-state index contributed by atoms with van der Waals surface area (Å²) in [5.41, 5.74) is 6.13. The Morgan fingerprint density at radius 2 is 1.78 bits per heavy atom. The van der Waals surface area contributed by atoms with Crippen LogP contribution in [0.5, 0.6) is 0 Å². The molecule has 1 fully saturated rings. The van der Waals surface area contributed by atoms with Crippen molar-refractivity contribution in [2.75, 3.05) is 39.9 Å². The van der Waals surface area contributed by atoms with Crippen LogP contribution in [0.3, 0.4) is 0 Å². The van der Waals surface area contributed by atoms with Crippen LogP contribution in [0.1, 0.15) is 47.0 Å². The van der Waals surface area contributed by atoms with Gasteiger partial charge in [-0.2, -0.15) is 0 Å². The van der Waals surface area contributed by atoms with E-state index in [1.54, 1.807) is 0 Å². The van der Waals surface area contributed by atoms with Gasteiger partial charge in [0.15, 0.2) is 0 Å². The van der Waals surface area contributed by atoms with Crippen LogP contribution < -0.4 is 5.73 Å². The van der Waals surface area contributed by atoms with Gasteiger partial charge in [0, 0.05) is 32.7 Å². The van der Waals surface area contributed by atoms with Crippen molar-refractivity contribution in [3.63, 3.8) is 0 Å². The maximum Gasteiger partial charge on any atom is 0.239 e. The van der Waals surface area contributed by atoms with Gasteiger partial charge in [0.25, 0.3) is 0 Å². The summed E-state index contributed by atoms with van der Waals surface area (Å²) in [7, 11) is 1.92. The Balaban J connectivity index is 2.73. The standard InChI is InChI=1S/C18H37N3O2/c1-6-15(7-2)17(21-10-12-23-13-11-21)18(22)20(5)9-8-16(19)14(3)4/h14-17H,6-13,19H2,1-5H3. The third-order valence-electron chi connectivity index (χ3n) is 5.22. The van der Waals surface area contributed by atoms with E-state index >= 15 is 0 Å². The smallest absolute Gasteiger partial charge is 0.239 e. The minimum atomic E-state index is -0.0193. The molecule has 0 saturated carbocycles. The number of carbonyl (C=O) groups is 1. The highest BCUT2D eigenvalue weighted by atomic mass is 16.5. The van der Waals surface area contributed by atoms with Gasteiger partial charge < -0.3 is 15.4 Å². The molecule has 1 aliphatic heterocycles. The van der Waals surface area contributed by atoms with E-state index in [4.69, 9.17) is 10.5 Å². The number of hydrogen-bond acceptors (Lipinski definition) is 4. The van der Waals surface area contributed by atoms with E-state index in [9.17, 15) is 4.79 Å². The highest BCUT2D eigenvalue weighted by molar-refractivity contribution is 5.82. The molecule has 1 saturated heterocycles. The number of carbonyl (C=O) groups excluding carboxylic acids is 1. The topological polar surface area (TPSA) is 58.8 Å². The molecule has 2 N–H and O–H groups in total. The van der Waals surface area contributed by atoms with Crippen LogP contribution in [0.15, 0.2) is 0 Å². The number of rotatable bonds is 9. The minimum absolute atomic E-state index is 0.0193. The third-order valence-corrected chi connectivity index (χ3v) is 5.22. The molecule has 0 bridgehead atoms. The maximum atomic E-state index is 13.1. The van der Waals surface area contributed by atoms with Crippen LogP contribution in [-0.2, 0) is 9.53 Å². The average molecular weight is 328 g/mol. The molecule has 0 aromatic carbocycles. The van der Waals surface area contributed by atoms with E-state index in [-0.39, 0.29) is 18.0 Å². The van der Waals surface area contributed by atoms with Crippen LogP contribution in [-0.4, -0.2) is 67.7 Å². The van der Waals surface area contributed by atoms with E-state index in [1.807, 2.05) is 11.9 Å². The van der Waals surface area contributed by atoms with Gasteiger partial charge in [-0.05, 0) is 18.3 Å². The summed E-state index contributed by atoms with van der Waals surface area (Å²) in [6.07, 6.45) is 2.92. The second-order valence-electron chi connectivity index (χ2n) is 7.13. The lowest BCUT2D eigenvalue weighted by Crippen LogP contribution is -2.55. The molecule has 1 rings (SSSR count). The fourth-order valence-electron chi connectivity index (χ4n) is 3.26. The summed E-state index contributed by atoms with van der Waals surface area (Å²) in [5.74, 6) is 1.10. The zero-order valence-electron chi connectivity index (χ0n) is 15.8. The van der Waals surface area contributed by atoms with Crippen molar-refractivity contribution in [3.8, 4) is 0 Å². The molecule has 136 valence electrons. The molecule has 0 radical (unpaired) electrons. The molecule has 2 atom stereocenters. The predicted molar refractivity (Wildman–Crippen MR) is 95.3 cm³/mol. The highest BCUT2D eigenvalue weighted by Crippen LogP contribution is 2.22. The summed E-state index contributed by atoms with van der Waals surface area (Å²) in [6, 6.07) is 0.134. The second kappa shape index (κ2) is 10.3. The van der Waals surface area contributed by atoms with Gasteiger partial charge in [-0.3, -0.25) is 9.69 Å². The van der Waals surface area contributed by atoms with Crippen LogP contribution in [0.25, 0.3) is 0 Å². The Morgan fingerprint density at radius 3 is 2.26 bits per heavy atom. The van der Waals surface area contributed by atoms with Gasteiger partial charge in [0.2, 0.25) is 5.91 Å². The third kappa shape index (κ3) is 6.05. The Kier molecular flexibility index (Phi) is 9.10. The zero-order valence-corrected chi connectivity index (χ0v) is 15.8. The van der Waals surface area contributed by atoms with Crippen molar-refractivity contribution in [1.82, 2.24) is 9.80 Å². The fraction of sp³-hybridized carbons (Fsp3) is 0.944. The Bertz CT molecular complexity index is 339. The van der Waals surface area contributed by atoms with E-state index in [0.29, 0.717) is 11.8 Å². The summed E-state index contributed by atoms with van der Waals surface area (Å²) in [5, 5.41) is 0. The first-order valence-electron chi connectivity index (χ1n) is 9.24. The lowest BCUT2D eigenvalue weighted by molar-refractivity contribution is -0.140.